The minimum absolute atomic E-state index is 0.135. The first-order valence-corrected chi connectivity index (χ1v) is 4.90. The van der Waals surface area contributed by atoms with E-state index in [-0.39, 0.29) is 5.54 Å². The Morgan fingerprint density at radius 3 is 2.92 bits per heavy atom. The van der Waals surface area contributed by atoms with Crippen molar-refractivity contribution in [1.82, 2.24) is 15.0 Å². The molecule has 0 spiro atoms. The number of aromatic nitrogens is 3. The Kier molecular flexibility index (Phi) is 2.07. The van der Waals surface area contributed by atoms with Gasteiger partial charge in [0.1, 0.15) is 0 Å². The van der Waals surface area contributed by atoms with Crippen LogP contribution in [0.4, 0.5) is 0 Å². The normalized spacial score (nSPS) is 18.9. The van der Waals surface area contributed by atoms with E-state index in [4.69, 9.17) is 5.73 Å². The molecule has 1 aliphatic rings. The highest BCUT2D eigenvalue weighted by Crippen LogP contribution is 2.36. The fraction of sp³-hybridized carbons (Fsp3) is 0.778. The SMILES string of the molecule is CCn1cc(CCC2(N)CC2)nn1. The number of rotatable bonds is 4. The summed E-state index contributed by atoms with van der Waals surface area (Å²) in [4.78, 5) is 0. The van der Waals surface area contributed by atoms with E-state index in [0.717, 1.165) is 25.1 Å². The maximum absolute atomic E-state index is 5.98. The fourth-order valence-corrected chi connectivity index (χ4v) is 1.40. The first-order valence-electron chi connectivity index (χ1n) is 4.90. The first kappa shape index (κ1) is 8.69. The van der Waals surface area contributed by atoms with Gasteiger partial charge in [0.15, 0.2) is 0 Å². The van der Waals surface area contributed by atoms with Crippen LogP contribution in [0.15, 0.2) is 6.20 Å². The molecule has 1 fully saturated rings. The molecule has 0 bridgehead atoms. The predicted molar refractivity (Wildman–Crippen MR) is 50.2 cm³/mol. The van der Waals surface area contributed by atoms with E-state index < -0.39 is 0 Å². The Labute approximate surface area is 78.1 Å². The summed E-state index contributed by atoms with van der Waals surface area (Å²) in [6.07, 6.45) is 6.38. The maximum atomic E-state index is 5.98. The third-order valence-corrected chi connectivity index (χ3v) is 2.68. The Bertz CT molecular complexity index is 288. The highest BCUT2D eigenvalue weighted by atomic mass is 15.4. The van der Waals surface area contributed by atoms with Gasteiger partial charge in [-0.3, -0.25) is 4.68 Å². The maximum Gasteiger partial charge on any atom is 0.0827 e. The van der Waals surface area contributed by atoms with Crippen LogP contribution in [0.3, 0.4) is 0 Å². The second-order valence-electron chi connectivity index (χ2n) is 3.93. The summed E-state index contributed by atoms with van der Waals surface area (Å²) in [5, 5.41) is 8.06. The minimum Gasteiger partial charge on any atom is -0.325 e. The lowest BCUT2D eigenvalue weighted by molar-refractivity contribution is 0.602. The molecule has 13 heavy (non-hydrogen) atoms. The average molecular weight is 180 g/mol. The van der Waals surface area contributed by atoms with Crippen LogP contribution in [0.5, 0.6) is 0 Å². The summed E-state index contributed by atoms with van der Waals surface area (Å²) in [5.41, 5.74) is 7.18. The van der Waals surface area contributed by atoms with Gasteiger partial charge in [-0.15, -0.1) is 5.10 Å². The van der Waals surface area contributed by atoms with Crippen LogP contribution in [0.1, 0.15) is 31.9 Å². The summed E-state index contributed by atoms with van der Waals surface area (Å²) in [7, 11) is 0. The average Bonchev–Trinajstić information content (AvgIpc) is 2.69. The van der Waals surface area contributed by atoms with Gasteiger partial charge in [0.25, 0.3) is 0 Å². The predicted octanol–water partition coefficient (Wildman–Crippen LogP) is 0.722. The van der Waals surface area contributed by atoms with Gasteiger partial charge in [0.2, 0.25) is 0 Å². The quantitative estimate of drug-likeness (QED) is 0.742. The van der Waals surface area contributed by atoms with Crippen LogP contribution < -0.4 is 5.73 Å². The summed E-state index contributed by atoms with van der Waals surface area (Å²) in [6.45, 7) is 2.95. The van der Waals surface area contributed by atoms with E-state index in [1.165, 1.54) is 12.8 Å². The number of nitrogens with zero attached hydrogens (tertiary/aromatic N) is 3. The van der Waals surface area contributed by atoms with Crippen molar-refractivity contribution in [2.75, 3.05) is 0 Å². The van der Waals surface area contributed by atoms with Crippen molar-refractivity contribution in [3.8, 4) is 0 Å². The molecule has 1 aromatic rings. The van der Waals surface area contributed by atoms with Crippen LogP contribution >= 0.6 is 0 Å². The highest BCUT2D eigenvalue weighted by molar-refractivity contribution is 5.03. The smallest absolute Gasteiger partial charge is 0.0827 e. The standard InChI is InChI=1S/C9H16N4/c1-2-13-7-8(11-12-13)3-4-9(10)5-6-9/h7H,2-6,10H2,1H3. The van der Waals surface area contributed by atoms with Crippen LogP contribution in [0.2, 0.25) is 0 Å². The van der Waals surface area contributed by atoms with Crippen molar-refractivity contribution in [2.24, 2.45) is 5.73 Å². The molecule has 4 nitrogen and oxygen atoms in total. The molecule has 0 unspecified atom stereocenters. The molecule has 2 rings (SSSR count). The van der Waals surface area contributed by atoms with Gasteiger partial charge in [0.05, 0.1) is 5.69 Å². The number of hydrogen-bond donors (Lipinski definition) is 1. The summed E-state index contributed by atoms with van der Waals surface area (Å²) in [6, 6.07) is 0. The van der Waals surface area contributed by atoms with Gasteiger partial charge in [-0.1, -0.05) is 5.21 Å². The molecule has 72 valence electrons. The molecule has 2 N–H and O–H groups in total. The Hall–Kier alpha value is -0.900. The van der Waals surface area contributed by atoms with Crippen molar-refractivity contribution in [3.05, 3.63) is 11.9 Å². The van der Waals surface area contributed by atoms with Crippen molar-refractivity contribution in [3.63, 3.8) is 0 Å². The summed E-state index contributed by atoms with van der Waals surface area (Å²) >= 11 is 0. The molecule has 0 amide bonds. The zero-order chi connectivity index (χ0) is 9.31. The van der Waals surface area contributed by atoms with Crippen LogP contribution in [-0.4, -0.2) is 20.5 Å². The van der Waals surface area contributed by atoms with Gasteiger partial charge in [0, 0.05) is 18.3 Å². The van der Waals surface area contributed by atoms with E-state index in [1.54, 1.807) is 0 Å². The van der Waals surface area contributed by atoms with E-state index in [2.05, 4.69) is 17.2 Å². The zero-order valence-electron chi connectivity index (χ0n) is 8.03. The van der Waals surface area contributed by atoms with E-state index in [1.807, 2.05) is 10.9 Å². The number of hydrogen-bond acceptors (Lipinski definition) is 3. The molecule has 0 atom stereocenters. The van der Waals surface area contributed by atoms with E-state index in [9.17, 15) is 0 Å². The highest BCUT2D eigenvalue weighted by Gasteiger charge is 2.37. The third-order valence-electron chi connectivity index (χ3n) is 2.68. The molecule has 1 saturated carbocycles. The molecule has 0 saturated heterocycles. The number of aryl methyl sites for hydroxylation is 2. The Morgan fingerprint density at radius 1 is 1.62 bits per heavy atom. The zero-order valence-corrected chi connectivity index (χ0v) is 8.03. The lowest BCUT2D eigenvalue weighted by Gasteiger charge is -2.04. The Balaban J connectivity index is 1.87. The molecule has 4 heteroatoms. The lowest BCUT2D eigenvalue weighted by atomic mass is 10.1. The minimum atomic E-state index is 0.135. The second-order valence-corrected chi connectivity index (χ2v) is 3.93. The molecule has 0 aromatic carbocycles. The van der Waals surface area contributed by atoms with Crippen LogP contribution in [0, 0.1) is 0 Å². The molecule has 1 aromatic heterocycles. The molecule has 0 aliphatic heterocycles. The van der Waals surface area contributed by atoms with Gasteiger partial charge in [-0.25, -0.2) is 0 Å². The third kappa shape index (κ3) is 2.06. The topological polar surface area (TPSA) is 56.7 Å². The summed E-state index contributed by atoms with van der Waals surface area (Å²) in [5.74, 6) is 0. The van der Waals surface area contributed by atoms with Crippen molar-refractivity contribution in [2.45, 2.75) is 44.7 Å². The molecular formula is C9H16N4. The summed E-state index contributed by atoms with van der Waals surface area (Å²) < 4.78 is 1.85. The Morgan fingerprint density at radius 2 is 2.38 bits per heavy atom. The monoisotopic (exact) mass is 180 g/mol. The van der Waals surface area contributed by atoms with E-state index in [0.29, 0.717) is 0 Å². The van der Waals surface area contributed by atoms with Crippen molar-refractivity contribution < 1.29 is 0 Å². The van der Waals surface area contributed by atoms with E-state index >= 15 is 0 Å². The molecule has 1 aliphatic carbocycles. The first-order chi connectivity index (χ1) is 6.22. The van der Waals surface area contributed by atoms with Gasteiger partial charge < -0.3 is 5.73 Å². The largest absolute Gasteiger partial charge is 0.325 e. The fourth-order valence-electron chi connectivity index (χ4n) is 1.40. The lowest BCUT2D eigenvalue weighted by Crippen LogP contribution is -2.22. The second kappa shape index (κ2) is 3.10. The van der Waals surface area contributed by atoms with Gasteiger partial charge >= 0.3 is 0 Å². The number of nitrogens with two attached hydrogens (primary N) is 1. The van der Waals surface area contributed by atoms with Gasteiger partial charge in [-0.2, -0.15) is 0 Å². The molecule has 1 heterocycles. The van der Waals surface area contributed by atoms with Crippen molar-refractivity contribution >= 4 is 0 Å². The van der Waals surface area contributed by atoms with Crippen LogP contribution in [-0.2, 0) is 13.0 Å². The van der Waals surface area contributed by atoms with Gasteiger partial charge in [-0.05, 0) is 32.6 Å². The molecule has 0 radical (unpaired) electrons. The van der Waals surface area contributed by atoms with Crippen molar-refractivity contribution in [1.29, 1.82) is 0 Å². The van der Waals surface area contributed by atoms with Crippen LogP contribution in [0.25, 0.3) is 0 Å². The molecular weight excluding hydrogens is 164 g/mol.